The maximum absolute atomic E-state index is 5.38. The molecule has 0 atom stereocenters. The Morgan fingerprint density at radius 2 is 1.83 bits per heavy atom. The quantitative estimate of drug-likeness (QED) is 0.364. The monoisotopic (exact) mass is 421 g/mol. The Morgan fingerprint density at radius 3 is 2.63 bits per heavy atom. The summed E-state index contributed by atoms with van der Waals surface area (Å²) in [5.41, 5.74) is 7.49. The molecule has 0 amide bonds. The Morgan fingerprint density at radius 1 is 1.10 bits per heavy atom. The average Bonchev–Trinajstić information content (AvgIpc) is 3.07. The van der Waals surface area contributed by atoms with Crippen LogP contribution in [0.5, 0.6) is 0 Å². The van der Waals surface area contributed by atoms with E-state index in [0.717, 1.165) is 61.6 Å². The van der Waals surface area contributed by atoms with Gasteiger partial charge in [0.1, 0.15) is 0 Å². The van der Waals surface area contributed by atoms with Crippen molar-refractivity contribution in [2.75, 3.05) is 39.4 Å². The molecule has 0 radical (unpaired) electrons. The van der Waals surface area contributed by atoms with Crippen LogP contribution in [0.15, 0.2) is 59.7 Å². The molecule has 1 aliphatic rings. The highest BCUT2D eigenvalue weighted by Crippen LogP contribution is 2.31. The van der Waals surface area contributed by atoms with E-state index in [1.165, 1.54) is 5.52 Å². The van der Waals surface area contributed by atoms with Crippen molar-refractivity contribution in [3.05, 3.63) is 60.2 Å². The zero-order chi connectivity index (χ0) is 20.8. The Hall–Kier alpha value is -2.74. The molecule has 2 N–H and O–H groups in total. The lowest BCUT2D eigenvalue weighted by Crippen LogP contribution is -2.42. The number of ether oxygens (including phenoxy) is 1. The number of fused-ring (bicyclic) bond motifs is 1. The van der Waals surface area contributed by atoms with E-state index in [4.69, 9.17) is 17.0 Å². The van der Waals surface area contributed by atoms with Crippen LogP contribution in [0.3, 0.4) is 0 Å². The van der Waals surface area contributed by atoms with Gasteiger partial charge in [0.2, 0.25) is 0 Å². The van der Waals surface area contributed by atoms with Crippen LogP contribution >= 0.6 is 12.2 Å². The van der Waals surface area contributed by atoms with Gasteiger partial charge < -0.3 is 14.6 Å². The Labute approximate surface area is 182 Å². The molecular formula is C23H27N5OS. The molecule has 156 valence electrons. The molecule has 2 heterocycles. The topological polar surface area (TPSA) is 53.8 Å². The number of morpholine rings is 1. The molecule has 0 unspecified atom stereocenters. The number of hydrogen-bond acceptors (Lipinski definition) is 4. The zero-order valence-corrected chi connectivity index (χ0v) is 18.0. The van der Waals surface area contributed by atoms with Crippen molar-refractivity contribution in [2.24, 2.45) is 12.1 Å². The summed E-state index contributed by atoms with van der Waals surface area (Å²) in [6.45, 7) is 5.29. The second-order valence-corrected chi connectivity index (χ2v) is 7.69. The summed E-state index contributed by atoms with van der Waals surface area (Å²) in [5, 5.41) is 9.35. The van der Waals surface area contributed by atoms with E-state index in [2.05, 4.69) is 80.9 Å². The third kappa shape index (κ3) is 4.70. The standard InChI is InChI=1S/C23H27N5OS/c1-27-21-10-6-5-9-19(21)20(22(27)18-7-3-2-4-8-18)17-25-26-23(30)24-11-12-28-13-15-29-16-14-28/h2-10,17H,11-16H2,1H3,(H2,24,26,30). The van der Waals surface area contributed by atoms with Crippen LogP contribution in [0.4, 0.5) is 0 Å². The smallest absolute Gasteiger partial charge is 0.187 e. The zero-order valence-electron chi connectivity index (χ0n) is 17.2. The van der Waals surface area contributed by atoms with E-state index in [1.807, 2.05) is 12.3 Å². The number of hydrogen-bond donors (Lipinski definition) is 2. The van der Waals surface area contributed by atoms with E-state index in [9.17, 15) is 0 Å². The fourth-order valence-corrected chi connectivity index (χ4v) is 4.00. The van der Waals surface area contributed by atoms with Crippen molar-refractivity contribution >= 4 is 34.4 Å². The van der Waals surface area contributed by atoms with Crippen LogP contribution in [0.25, 0.3) is 22.2 Å². The van der Waals surface area contributed by atoms with Crippen molar-refractivity contribution in [2.45, 2.75) is 0 Å². The number of benzene rings is 2. The average molecular weight is 422 g/mol. The summed E-state index contributed by atoms with van der Waals surface area (Å²) in [5.74, 6) is 0. The summed E-state index contributed by atoms with van der Waals surface area (Å²) < 4.78 is 7.59. The largest absolute Gasteiger partial charge is 0.379 e. The van der Waals surface area contributed by atoms with Crippen molar-refractivity contribution in [1.82, 2.24) is 20.2 Å². The summed E-state index contributed by atoms with van der Waals surface area (Å²) >= 11 is 5.38. The van der Waals surface area contributed by atoms with Crippen molar-refractivity contribution in [3.63, 3.8) is 0 Å². The first-order chi connectivity index (χ1) is 14.7. The fraction of sp³-hybridized carbons (Fsp3) is 0.304. The fourth-order valence-electron chi connectivity index (χ4n) is 3.85. The van der Waals surface area contributed by atoms with Crippen molar-refractivity contribution in [3.8, 4) is 11.3 Å². The molecule has 0 spiro atoms. The predicted molar refractivity (Wildman–Crippen MR) is 127 cm³/mol. The molecule has 0 saturated carbocycles. The van der Waals surface area contributed by atoms with Gasteiger partial charge in [0.15, 0.2) is 5.11 Å². The van der Waals surface area contributed by atoms with Gasteiger partial charge in [0.05, 0.1) is 25.1 Å². The maximum Gasteiger partial charge on any atom is 0.187 e. The van der Waals surface area contributed by atoms with Crippen LogP contribution in [0, 0.1) is 0 Å². The van der Waals surface area contributed by atoms with Gasteiger partial charge in [0.25, 0.3) is 0 Å². The third-order valence-electron chi connectivity index (χ3n) is 5.37. The number of para-hydroxylation sites is 1. The van der Waals surface area contributed by atoms with Crippen LogP contribution in [-0.2, 0) is 11.8 Å². The first-order valence-electron chi connectivity index (χ1n) is 10.2. The van der Waals surface area contributed by atoms with E-state index < -0.39 is 0 Å². The molecule has 0 aliphatic carbocycles. The van der Waals surface area contributed by atoms with Crippen LogP contribution in [-0.4, -0.2) is 60.2 Å². The highest BCUT2D eigenvalue weighted by Gasteiger charge is 2.15. The van der Waals surface area contributed by atoms with E-state index in [0.29, 0.717) is 5.11 Å². The molecule has 1 aromatic heterocycles. The molecule has 1 aliphatic heterocycles. The molecule has 0 bridgehead atoms. The number of nitrogens with zero attached hydrogens (tertiary/aromatic N) is 3. The van der Waals surface area contributed by atoms with Gasteiger partial charge in [-0.1, -0.05) is 48.5 Å². The molecule has 7 heteroatoms. The Kier molecular flexibility index (Phi) is 6.74. The number of thiocarbonyl (C=S) groups is 1. The summed E-state index contributed by atoms with van der Waals surface area (Å²) in [7, 11) is 2.09. The summed E-state index contributed by atoms with van der Waals surface area (Å²) in [6, 6.07) is 18.8. The molecular weight excluding hydrogens is 394 g/mol. The van der Waals surface area contributed by atoms with Crippen molar-refractivity contribution in [1.29, 1.82) is 0 Å². The number of aromatic nitrogens is 1. The summed E-state index contributed by atoms with van der Waals surface area (Å²) in [6.07, 6.45) is 1.86. The number of rotatable bonds is 6. The van der Waals surface area contributed by atoms with Crippen LogP contribution < -0.4 is 10.7 Å². The summed E-state index contributed by atoms with van der Waals surface area (Å²) in [4.78, 5) is 2.37. The molecule has 6 nitrogen and oxygen atoms in total. The Balaban J connectivity index is 1.45. The second-order valence-electron chi connectivity index (χ2n) is 7.28. The third-order valence-corrected chi connectivity index (χ3v) is 5.61. The van der Waals surface area contributed by atoms with E-state index >= 15 is 0 Å². The predicted octanol–water partition coefficient (Wildman–Crippen LogP) is 2.98. The molecule has 30 heavy (non-hydrogen) atoms. The first kappa shape index (κ1) is 20.5. The molecule has 2 aromatic carbocycles. The molecule has 1 saturated heterocycles. The number of aryl methyl sites for hydroxylation is 1. The second kappa shape index (κ2) is 9.84. The van der Waals surface area contributed by atoms with Crippen molar-refractivity contribution < 1.29 is 4.74 Å². The lowest BCUT2D eigenvalue weighted by Gasteiger charge is -2.26. The maximum atomic E-state index is 5.38. The van der Waals surface area contributed by atoms with E-state index in [-0.39, 0.29) is 0 Å². The van der Waals surface area contributed by atoms with Gasteiger partial charge in [-0.2, -0.15) is 5.10 Å². The highest BCUT2D eigenvalue weighted by molar-refractivity contribution is 7.80. The van der Waals surface area contributed by atoms with Crippen LogP contribution in [0.2, 0.25) is 0 Å². The van der Waals surface area contributed by atoms with E-state index in [1.54, 1.807) is 0 Å². The van der Waals surface area contributed by atoms with Gasteiger partial charge in [-0.05, 0) is 23.8 Å². The SMILES string of the molecule is Cn1c(-c2ccccc2)c(C=NNC(=S)NCCN2CCOCC2)c2ccccc21. The first-order valence-corrected chi connectivity index (χ1v) is 10.6. The minimum Gasteiger partial charge on any atom is -0.379 e. The molecule has 3 aromatic rings. The Bertz CT molecular complexity index is 1020. The minimum absolute atomic E-state index is 0.529. The normalized spacial score (nSPS) is 15.0. The van der Waals surface area contributed by atoms with Gasteiger partial charge in [0, 0.05) is 49.7 Å². The number of nitrogens with one attached hydrogen (secondary N) is 2. The van der Waals surface area contributed by atoms with Gasteiger partial charge in [-0.15, -0.1) is 0 Å². The molecule has 4 rings (SSSR count). The lowest BCUT2D eigenvalue weighted by atomic mass is 10.1. The lowest BCUT2D eigenvalue weighted by molar-refractivity contribution is 0.0389. The highest BCUT2D eigenvalue weighted by atomic mass is 32.1. The number of hydrazone groups is 1. The van der Waals surface area contributed by atoms with Crippen LogP contribution in [0.1, 0.15) is 5.56 Å². The van der Waals surface area contributed by atoms with Gasteiger partial charge in [-0.25, -0.2) is 0 Å². The van der Waals surface area contributed by atoms with Gasteiger partial charge >= 0.3 is 0 Å². The minimum atomic E-state index is 0.529. The molecule has 1 fully saturated rings. The van der Waals surface area contributed by atoms with Gasteiger partial charge in [-0.3, -0.25) is 10.3 Å².